The van der Waals surface area contributed by atoms with Crippen LogP contribution in [0.2, 0.25) is 0 Å². The third-order valence-electron chi connectivity index (χ3n) is 1.15. The molecule has 9 heavy (non-hydrogen) atoms. The number of rotatable bonds is 1. The minimum absolute atomic E-state index is 0. The van der Waals surface area contributed by atoms with Crippen molar-refractivity contribution in [2.24, 2.45) is 5.73 Å². The molecule has 0 spiro atoms. The second-order valence-corrected chi connectivity index (χ2v) is 2.94. The summed E-state index contributed by atoms with van der Waals surface area (Å²) in [4.78, 5) is 10.2. The Hall–Kier alpha value is 0.0700. The van der Waals surface area contributed by atoms with Crippen LogP contribution in [0.1, 0.15) is 0 Å². The van der Waals surface area contributed by atoms with Crippen LogP contribution >= 0.6 is 24.2 Å². The monoisotopic (exact) mass is 169 g/mol. The Morgan fingerprint density at radius 1 is 1.67 bits per heavy atom. The van der Waals surface area contributed by atoms with Gasteiger partial charge in [0.2, 0.25) is 0 Å². The molecule has 0 amide bonds. The Labute approximate surface area is 63.4 Å². The second kappa shape index (κ2) is 2.77. The van der Waals surface area contributed by atoms with Gasteiger partial charge in [-0.3, -0.25) is 4.79 Å². The molecule has 1 aliphatic rings. The first-order chi connectivity index (χ1) is 3.65. The number of carboxylic acids is 1. The number of thioether (sulfide) groups is 1. The Morgan fingerprint density at radius 3 is 2.11 bits per heavy atom. The predicted octanol–water partition coefficient (Wildman–Crippen LogP) is -0.0629. The molecule has 1 rings (SSSR count). The Kier molecular flexibility index (Phi) is 2.79. The number of halogens is 1. The van der Waals surface area contributed by atoms with E-state index in [0.717, 1.165) is 0 Å². The zero-order chi connectivity index (χ0) is 6.20. The lowest BCUT2D eigenvalue weighted by Gasteiger charge is -2.32. The van der Waals surface area contributed by atoms with Crippen molar-refractivity contribution in [3.05, 3.63) is 0 Å². The van der Waals surface area contributed by atoms with Crippen molar-refractivity contribution in [2.75, 3.05) is 11.5 Å². The van der Waals surface area contributed by atoms with E-state index in [4.69, 9.17) is 10.8 Å². The molecule has 0 aliphatic carbocycles. The van der Waals surface area contributed by atoms with E-state index in [1.54, 1.807) is 11.8 Å². The van der Waals surface area contributed by atoms with E-state index in [2.05, 4.69) is 0 Å². The summed E-state index contributed by atoms with van der Waals surface area (Å²) < 4.78 is 0. The van der Waals surface area contributed by atoms with Crippen LogP contribution < -0.4 is 5.73 Å². The minimum Gasteiger partial charge on any atom is -0.480 e. The molecule has 3 nitrogen and oxygen atoms in total. The van der Waals surface area contributed by atoms with Crippen molar-refractivity contribution in [2.45, 2.75) is 5.54 Å². The Bertz CT molecular complexity index is 126. The number of carboxylic acid groups (broad SMARTS) is 1. The fraction of sp³-hybridized carbons (Fsp3) is 0.750. The molecule has 5 heteroatoms. The topological polar surface area (TPSA) is 63.3 Å². The molecule has 0 unspecified atom stereocenters. The quantitative estimate of drug-likeness (QED) is 0.577. The Morgan fingerprint density at radius 2 is 2.11 bits per heavy atom. The van der Waals surface area contributed by atoms with Gasteiger partial charge in [-0.25, -0.2) is 0 Å². The molecule has 3 N–H and O–H groups in total. The fourth-order valence-corrected chi connectivity index (χ4v) is 1.34. The standard InChI is InChI=1S/C4H7NO2S.ClH/c5-4(3(6)7)1-8-2-4;/h1-2,5H2,(H,6,7);1H. The number of hydrogen-bond donors (Lipinski definition) is 2. The van der Waals surface area contributed by atoms with E-state index in [1.807, 2.05) is 0 Å². The average Bonchev–Trinajstić information content (AvgIpc) is 1.60. The minimum atomic E-state index is -0.898. The lowest BCUT2D eigenvalue weighted by molar-refractivity contribution is -0.141. The number of hydrogen-bond acceptors (Lipinski definition) is 3. The van der Waals surface area contributed by atoms with Crippen LogP contribution in [0.25, 0.3) is 0 Å². The molecule has 1 aliphatic heterocycles. The van der Waals surface area contributed by atoms with E-state index in [9.17, 15) is 4.79 Å². The second-order valence-electron chi connectivity index (χ2n) is 1.95. The molecule has 0 atom stereocenters. The molecule has 0 aromatic rings. The van der Waals surface area contributed by atoms with Crippen LogP contribution in [0.5, 0.6) is 0 Å². The highest BCUT2D eigenvalue weighted by Crippen LogP contribution is 2.26. The van der Waals surface area contributed by atoms with Gasteiger partial charge in [0, 0.05) is 11.5 Å². The molecule has 0 bridgehead atoms. The van der Waals surface area contributed by atoms with Gasteiger partial charge in [-0.05, 0) is 0 Å². The van der Waals surface area contributed by atoms with Crippen molar-refractivity contribution in [3.8, 4) is 0 Å². The normalized spacial score (nSPS) is 21.4. The molecule has 0 aromatic heterocycles. The van der Waals surface area contributed by atoms with Gasteiger partial charge in [-0.1, -0.05) is 0 Å². The van der Waals surface area contributed by atoms with E-state index in [0.29, 0.717) is 11.5 Å². The van der Waals surface area contributed by atoms with Crippen LogP contribution in [0, 0.1) is 0 Å². The maximum absolute atomic E-state index is 10.2. The van der Waals surface area contributed by atoms with Crippen LogP contribution in [-0.2, 0) is 4.79 Å². The van der Waals surface area contributed by atoms with Crippen LogP contribution in [0.15, 0.2) is 0 Å². The smallest absolute Gasteiger partial charge is 0.325 e. The van der Waals surface area contributed by atoms with E-state index in [-0.39, 0.29) is 12.4 Å². The van der Waals surface area contributed by atoms with E-state index >= 15 is 0 Å². The molecular formula is C4H8ClNO2S. The lowest BCUT2D eigenvalue weighted by Crippen LogP contribution is -2.58. The van der Waals surface area contributed by atoms with Crippen molar-refractivity contribution in [1.82, 2.24) is 0 Å². The van der Waals surface area contributed by atoms with E-state index < -0.39 is 11.5 Å². The van der Waals surface area contributed by atoms with Gasteiger partial charge in [-0.15, -0.1) is 12.4 Å². The van der Waals surface area contributed by atoms with Gasteiger partial charge in [0.05, 0.1) is 0 Å². The number of carbonyl (C=O) groups is 1. The van der Waals surface area contributed by atoms with Crippen molar-refractivity contribution in [3.63, 3.8) is 0 Å². The summed E-state index contributed by atoms with van der Waals surface area (Å²) in [7, 11) is 0. The van der Waals surface area contributed by atoms with Crippen LogP contribution in [0.4, 0.5) is 0 Å². The van der Waals surface area contributed by atoms with Gasteiger partial charge in [-0.2, -0.15) is 11.8 Å². The maximum atomic E-state index is 10.2. The summed E-state index contributed by atoms with van der Waals surface area (Å²) in [5, 5.41) is 8.35. The van der Waals surface area contributed by atoms with Crippen LogP contribution in [-0.4, -0.2) is 28.1 Å². The SMILES string of the molecule is Cl.NC1(C(=O)O)CSC1. The largest absolute Gasteiger partial charge is 0.480 e. The molecule has 1 fully saturated rings. The van der Waals surface area contributed by atoms with Gasteiger partial charge < -0.3 is 10.8 Å². The molecule has 1 saturated heterocycles. The molecule has 54 valence electrons. The highest BCUT2D eigenvalue weighted by Gasteiger charge is 2.40. The van der Waals surface area contributed by atoms with Crippen molar-refractivity contribution < 1.29 is 9.90 Å². The van der Waals surface area contributed by atoms with Gasteiger partial charge in [0.1, 0.15) is 5.54 Å². The first-order valence-electron chi connectivity index (χ1n) is 2.25. The molecule has 0 radical (unpaired) electrons. The molecular weight excluding hydrogens is 162 g/mol. The first kappa shape index (κ1) is 9.07. The Balaban J connectivity index is 0.000000640. The number of nitrogens with two attached hydrogens (primary N) is 1. The predicted molar refractivity (Wildman–Crippen MR) is 39.1 cm³/mol. The summed E-state index contributed by atoms with van der Waals surface area (Å²) in [5.41, 5.74) is 4.43. The highest BCUT2D eigenvalue weighted by molar-refractivity contribution is 8.01. The highest BCUT2D eigenvalue weighted by atomic mass is 35.5. The van der Waals surface area contributed by atoms with Crippen molar-refractivity contribution >= 4 is 30.1 Å². The van der Waals surface area contributed by atoms with E-state index in [1.165, 1.54) is 0 Å². The summed E-state index contributed by atoms with van der Waals surface area (Å²) in [6.45, 7) is 0. The van der Waals surface area contributed by atoms with Crippen molar-refractivity contribution in [1.29, 1.82) is 0 Å². The average molecular weight is 170 g/mol. The molecule has 1 heterocycles. The summed E-state index contributed by atoms with van der Waals surface area (Å²) in [6.07, 6.45) is 0. The first-order valence-corrected chi connectivity index (χ1v) is 3.41. The third kappa shape index (κ3) is 1.50. The van der Waals surface area contributed by atoms with Crippen LogP contribution in [0.3, 0.4) is 0 Å². The fourth-order valence-electron chi connectivity index (χ4n) is 0.445. The molecule has 0 aromatic carbocycles. The van der Waals surface area contributed by atoms with Gasteiger partial charge in [0.15, 0.2) is 0 Å². The zero-order valence-electron chi connectivity index (χ0n) is 4.66. The zero-order valence-corrected chi connectivity index (χ0v) is 6.30. The summed E-state index contributed by atoms with van der Waals surface area (Å²) in [5.74, 6) is 0.237. The lowest BCUT2D eigenvalue weighted by atomic mass is 10.1. The number of aliphatic carboxylic acids is 1. The maximum Gasteiger partial charge on any atom is 0.325 e. The summed E-state index contributed by atoms with van der Waals surface area (Å²) in [6, 6.07) is 0. The summed E-state index contributed by atoms with van der Waals surface area (Å²) >= 11 is 1.57. The van der Waals surface area contributed by atoms with Gasteiger partial charge >= 0.3 is 5.97 Å². The third-order valence-corrected chi connectivity index (χ3v) is 2.58. The van der Waals surface area contributed by atoms with Gasteiger partial charge in [0.25, 0.3) is 0 Å². The molecule has 0 saturated carbocycles.